The van der Waals surface area contributed by atoms with Gasteiger partial charge < -0.3 is 10.1 Å². The Morgan fingerprint density at radius 2 is 2.04 bits per heavy atom. The number of hydrogen-bond donors (Lipinski definition) is 1. The standard InChI is InChI=1S/C19H19N3O4S/c1-12-11-27-19-21-15(8-17(24)22(12)19)10-26-18(25)9-16(20-13(2)23)14-6-4-3-5-7-14/h3-8,11,16H,9-10H2,1-2H3,(H,20,23)/t16-/m1/s1. The van der Waals surface area contributed by atoms with Crippen molar-refractivity contribution in [3.05, 3.63) is 69.1 Å². The summed E-state index contributed by atoms with van der Waals surface area (Å²) < 4.78 is 6.79. The summed E-state index contributed by atoms with van der Waals surface area (Å²) >= 11 is 1.36. The van der Waals surface area contributed by atoms with Gasteiger partial charge in [-0.15, -0.1) is 11.3 Å². The van der Waals surface area contributed by atoms with E-state index in [9.17, 15) is 14.4 Å². The van der Waals surface area contributed by atoms with Gasteiger partial charge in [0.2, 0.25) is 5.91 Å². The molecule has 0 aliphatic rings. The Bertz CT molecular complexity index is 1030. The minimum atomic E-state index is -0.484. The van der Waals surface area contributed by atoms with Crippen molar-refractivity contribution >= 4 is 28.2 Å². The van der Waals surface area contributed by atoms with Crippen LogP contribution in [0.15, 0.2) is 46.6 Å². The van der Waals surface area contributed by atoms with Crippen molar-refractivity contribution in [1.82, 2.24) is 14.7 Å². The summed E-state index contributed by atoms with van der Waals surface area (Å²) in [4.78, 5) is 40.8. The van der Waals surface area contributed by atoms with Gasteiger partial charge in [-0.1, -0.05) is 30.3 Å². The van der Waals surface area contributed by atoms with Gasteiger partial charge in [0.1, 0.15) is 6.61 Å². The molecule has 3 aromatic rings. The molecule has 0 unspecified atom stereocenters. The van der Waals surface area contributed by atoms with Gasteiger partial charge in [0.05, 0.1) is 18.2 Å². The van der Waals surface area contributed by atoms with Crippen molar-refractivity contribution in [3.8, 4) is 0 Å². The number of nitrogens with one attached hydrogen (secondary N) is 1. The second-order valence-electron chi connectivity index (χ2n) is 6.11. The number of esters is 1. The number of amides is 1. The van der Waals surface area contributed by atoms with Gasteiger partial charge in [-0.3, -0.25) is 18.8 Å². The summed E-state index contributed by atoms with van der Waals surface area (Å²) in [5.74, 6) is -0.716. The first-order chi connectivity index (χ1) is 12.9. The third kappa shape index (κ3) is 4.59. The number of hydrogen-bond acceptors (Lipinski definition) is 6. The van der Waals surface area contributed by atoms with Gasteiger partial charge in [0.25, 0.3) is 5.56 Å². The van der Waals surface area contributed by atoms with Crippen molar-refractivity contribution in [2.24, 2.45) is 0 Å². The Balaban J connectivity index is 1.67. The fourth-order valence-electron chi connectivity index (χ4n) is 2.74. The van der Waals surface area contributed by atoms with Crippen molar-refractivity contribution < 1.29 is 14.3 Å². The molecule has 0 saturated heterocycles. The normalized spacial score (nSPS) is 11.9. The van der Waals surface area contributed by atoms with E-state index in [0.29, 0.717) is 10.7 Å². The number of carbonyl (C=O) groups is 2. The van der Waals surface area contributed by atoms with Crippen LogP contribution >= 0.6 is 11.3 Å². The van der Waals surface area contributed by atoms with Crippen LogP contribution in [0.1, 0.15) is 36.3 Å². The predicted molar refractivity (Wildman–Crippen MR) is 101 cm³/mol. The number of aryl methyl sites for hydroxylation is 1. The second kappa shape index (κ2) is 8.13. The highest BCUT2D eigenvalue weighted by molar-refractivity contribution is 7.15. The van der Waals surface area contributed by atoms with E-state index in [1.165, 1.54) is 28.7 Å². The number of rotatable bonds is 6. The first-order valence-corrected chi connectivity index (χ1v) is 9.26. The molecule has 2 aromatic heterocycles. The maximum Gasteiger partial charge on any atom is 0.308 e. The van der Waals surface area contributed by atoms with E-state index in [4.69, 9.17) is 4.74 Å². The lowest BCUT2D eigenvalue weighted by atomic mass is 10.0. The number of aromatic nitrogens is 2. The van der Waals surface area contributed by atoms with E-state index in [-0.39, 0.29) is 24.5 Å². The Hall–Kier alpha value is -3.00. The van der Waals surface area contributed by atoms with Gasteiger partial charge in [0.15, 0.2) is 4.96 Å². The third-order valence-corrected chi connectivity index (χ3v) is 4.90. The maximum absolute atomic E-state index is 12.3. The largest absolute Gasteiger partial charge is 0.459 e. The zero-order valence-electron chi connectivity index (χ0n) is 15.0. The van der Waals surface area contributed by atoms with Gasteiger partial charge in [-0.25, -0.2) is 4.98 Å². The van der Waals surface area contributed by atoms with Crippen LogP contribution in [0.5, 0.6) is 0 Å². The minimum Gasteiger partial charge on any atom is -0.459 e. The SMILES string of the molecule is CC(=O)N[C@H](CC(=O)OCc1cc(=O)n2c(C)csc2n1)c1ccccc1. The highest BCUT2D eigenvalue weighted by Crippen LogP contribution is 2.18. The molecule has 140 valence electrons. The molecule has 7 nitrogen and oxygen atoms in total. The van der Waals surface area contributed by atoms with Gasteiger partial charge in [-0.05, 0) is 12.5 Å². The summed E-state index contributed by atoms with van der Waals surface area (Å²) in [6.07, 6.45) is -0.0110. The fraction of sp³-hybridized carbons (Fsp3) is 0.263. The van der Waals surface area contributed by atoms with E-state index in [0.717, 1.165) is 11.3 Å². The maximum atomic E-state index is 12.3. The van der Waals surface area contributed by atoms with E-state index in [2.05, 4.69) is 10.3 Å². The highest BCUT2D eigenvalue weighted by Gasteiger charge is 2.18. The van der Waals surface area contributed by atoms with Gasteiger partial charge in [-0.2, -0.15) is 0 Å². The number of fused-ring (bicyclic) bond motifs is 1. The van der Waals surface area contributed by atoms with Crippen LogP contribution in [0.4, 0.5) is 0 Å². The van der Waals surface area contributed by atoms with E-state index < -0.39 is 12.0 Å². The molecule has 1 atom stereocenters. The molecule has 8 heteroatoms. The fourth-order valence-corrected chi connectivity index (χ4v) is 3.63. The summed E-state index contributed by atoms with van der Waals surface area (Å²) in [6, 6.07) is 10.1. The minimum absolute atomic E-state index is 0.0110. The van der Waals surface area contributed by atoms with Crippen LogP contribution < -0.4 is 10.9 Å². The number of benzene rings is 1. The number of ether oxygens (including phenoxy) is 1. The molecule has 2 heterocycles. The molecule has 3 rings (SSSR count). The molecule has 0 aliphatic heterocycles. The topological polar surface area (TPSA) is 89.8 Å². The molecule has 27 heavy (non-hydrogen) atoms. The summed E-state index contributed by atoms with van der Waals surface area (Å²) in [6.45, 7) is 3.14. The zero-order valence-corrected chi connectivity index (χ0v) is 15.8. The monoisotopic (exact) mass is 385 g/mol. The molecular weight excluding hydrogens is 366 g/mol. The van der Waals surface area contributed by atoms with Crippen LogP contribution in [-0.2, 0) is 20.9 Å². The molecule has 0 spiro atoms. The predicted octanol–water partition coefficient (Wildman–Crippen LogP) is 2.38. The van der Waals surface area contributed by atoms with Crippen molar-refractivity contribution in [3.63, 3.8) is 0 Å². The first-order valence-electron chi connectivity index (χ1n) is 8.38. The Labute approximate surface area is 159 Å². The van der Waals surface area contributed by atoms with Crippen LogP contribution in [0.25, 0.3) is 4.96 Å². The van der Waals surface area contributed by atoms with Gasteiger partial charge >= 0.3 is 5.97 Å². The molecule has 1 aromatic carbocycles. The first kappa shape index (κ1) is 18.8. The molecular formula is C19H19N3O4S. The molecule has 0 aliphatic carbocycles. The summed E-state index contributed by atoms with van der Waals surface area (Å²) in [5, 5.41) is 4.60. The zero-order chi connectivity index (χ0) is 19.4. The lowest BCUT2D eigenvalue weighted by Gasteiger charge is -2.17. The van der Waals surface area contributed by atoms with Crippen LogP contribution in [0.2, 0.25) is 0 Å². The Morgan fingerprint density at radius 3 is 2.74 bits per heavy atom. The molecule has 0 fully saturated rings. The molecule has 1 N–H and O–H groups in total. The molecule has 0 saturated carbocycles. The summed E-state index contributed by atoms with van der Waals surface area (Å²) in [5.41, 5.74) is 1.82. The van der Waals surface area contributed by atoms with E-state index in [1.807, 2.05) is 42.6 Å². The van der Waals surface area contributed by atoms with Crippen molar-refractivity contribution in [2.45, 2.75) is 32.9 Å². The number of thiazole rings is 1. The van der Waals surface area contributed by atoms with Crippen LogP contribution in [0, 0.1) is 6.92 Å². The smallest absolute Gasteiger partial charge is 0.308 e. The average molecular weight is 385 g/mol. The van der Waals surface area contributed by atoms with Crippen molar-refractivity contribution in [1.29, 1.82) is 0 Å². The quantitative estimate of drug-likeness (QED) is 0.658. The number of nitrogens with zero attached hydrogens (tertiary/aromatic N) is 2. The van der Waals surface area contributed by atoms with E-state index in [1.54, 1.807) is 0 Å². The molecule has 0 radical (unpaired) electrons. The van der Waals surface area contributed by atoms with Crippen LogP contribution in [0.3, 0.4) is 0 Å². The Morgan fingerprint density at radius 1 is 1.30 bits per heavy atom. The third-order valence-electron chi connectivity index (χ3n) is 3.96. The average Bonchev–Trinajstić information content (AvgIpc) is 3.01. The lowest BCUT2D eigenvalue weighted by molar-refractivity contribution is -0.145. The Kier molecular flexibility index (Phi) is 5.66. The highest BCUT2D eigenvalue weighted by atomic mass is 32.1. The summed E-state index contributed by atoms with van der Waals surface area (Å²) in [7, 11) is 0. The van der Waals surface area contributed by atoms with Crippen molar-refractivity contribution in [2.75, 3.05) is 0 Å². The number of carbonyl (C=O) groups excluding carboxylic acids is 2. The van der Waals surface area contributed by atoms with Crippen LogP contribution in [-0.4, -0.2) is 21.3 Å². The molecule has 1 amide bonds. The lowest BCUT2D eigenvalue weighted by Crippen LogP contribution is -2.28. The van der Waals surface area contributed by atoms with Gasteiger partial charge in [0, 0.05) is 24.1 Å². The molecule has 0 bridgehead atoms. The second-order valence-corrected chi connectivity index (χ2v) is 6.95. The van der Waals surface area contributed by atoms with E-state index >= 15 is 0 Å².